The van der Waals surface area contributed by atoms with Gasteiger partial charge in [-0.3, -0.25) is 4.90 Å². The van der Waals surface area contributed by atoms with Crippen LogP contribution in [-0.4, -0.2) is 23.5 Å². The van der Waals surface area contributed by atoms with Gasteiger partial charge < -0.3 is 5.73 Å². The Labute approximate surface area is 122 Å². The Morgan fingerprint density at radius 1 is 1.35 bits per heavy atom. The fraction of sp³-hybridized carbons (Fsp3) is 0.588. The molecular weight excluding hydrogens is 246 g/mol. The average molecular weight is 271 g/mol. The monoisotopic (exact) mass is 271 g/mol. The van der Waals surface area contributed by atoms with Crippen molar-refractivity contribution in [2.24, 2.45) is 5.73 Å². The number of hydrogen-bond acceptors (Lipinski definition) is 3. The van der Waals surface area contributed by atoms with E-state index in [-0.39, 0.29) is 0 Å². The number of benzene rings is 1. The van der Waals surface area contributed by atoms with Gasteiger partial charge in [0.2, 0.25) is 0 Å². The third-order valence-electron chi connectivity index (χ3n) is 4.68. The lowest BCUT2D eigenvalue weighted by molar-refractivity contribution is 0.185. The van der Waals surface area contributed by atoms with Crippen LogP contribution in [0.4, 0.5) is 0 Å². The maximum Gasteiger partial charge on any atom is 0.131 e. The molecule has 3 nitrogen and oxygen atoms in total. The molecule has 2 N–H and O–H groups in total. The fourth-order valence-corrected chi connectivity index (χ4v) is 3.27. The van der Waals surface area contributed by atoms with Crippen LogP contribution >= 0.6 is 0 Å². The van der Waals surface area contributed by atoms with Crippen molar-refractivity contribution in [3.63, 3.8) is 0 Å². The molecule has 20 heavy (non-hydrogen) atoms. The third-order valence-corrected chi connectivity index (χ3v) is 4.68. The molecule has 1 aromatic carbocycles. The van der Waals surface area contributed by atoms with E-state index in [1.54, 1.807) is 0 Å². The van der Waals surface area contributed by atoms with Gasteiger partial charge in [-0.05, 0) is 38.2 Å². The van der Waals surface area contributed by atoms with E-state index < -0.39 is 5.54 Å². The van der Waals surface area contributed by atoms with Crippen LogP contribution in [0.3, 0.4) is 0 Å². The molecule has 1 aliphatic heterocycles. The van der Waals surface area contributed by atoms with E-state index in [9.17, 15) is 5.26 Å². The van der Waals surface area contributed by atoms with Crippen LogP contribution in [0.15, 0.2) is 30.3 Å². The maximum atomic E-state index is 9.51. The SMILES string of the molecule is CCC1CCC(C)N1CCC(N)(C#N)c1ccccc1. The highest BCUT2D eigenvalue weighted by molar-refractivity contribution is 5.30. The minimum Gasteiger partial charge on any atom is -0.310 e. The molecular formula is C17H25N3. The summed E-state index contributed by atoms with van der Waals surface area (Å²) in [7, 11) is 0. The summed E-state index contributed by atoms with van der Waals surface area (Å²) in [5, 5.41) is 9.51. The molecule has 0 aromatic heterocycles. The molecule has 3 heteroatoms. The third kappa shape index (κ3) is 3.03. The lowest BCUT2D eigenvalue weighted by Gasteiger charge is -2.31. The van der Waals surface area contributed by atoms with Gasteiger partial charge in [-0.1, -0.05) is 37.3 Å². The van der Waals surface area contributed by atoms with Gasteiger partial charge in [-0.15, -0.1) is 0 Å². The fourth-order valence-electron chi connectivity index (χ4n) is 3.27. The normalized spacial score (nSPS) is 26.1. The molecule has 1 heterocycles. The van der Waals surface area contributed by atoms with Crippen molar-refractivity contribution in [3.8, 4) is 6.07 Å². The van der Waals surface area contributed by atoms with Crippen molar-refractivity contribution in [1.82, 2.24) is 4.90 Å². The van der Waals surface area contributed by atoms with E-state index >= 15 is 0 Å². The Bertz CT molecular complexity index is 465. The summed E-state index contributed by atoms with van der Waals surface area (Å²) < 4.78 is 0. The van der Waals surface area contributed by atoms with Gasteiger partial charge in [-0.25, -0.2) is 0 Å². The Morgan fingerprint density at radius 2 is 2.05 bits per heavy atom. The molecule has 2 rings (SSSR count). The number of likely N-dealkylation sites (tertiary alicyclic amines) is 1. The zero-order chi connectivity index (χ0) is 14.6. The summed E-state index contributed by atoms with van der Waals surface area (Å²) in [6.07, 6.45) is 4.40. The summed E-state index contributed by atoms with van der Waals surface area (Å²) in [5.41, 5.74) is 6.39. The van der Waals surface area contributed by atoms with Gasteiger partial charge in [0.05, 0.1) is 6.07 Å². The predicted octanol–water partition coefficient (Wildman–Crippen LogP) is 3.02. The van der Waals surface area contributed by atoms with Crippen molar-refractivity contribution in [3.05, 3.63) is 35.9 Å². The summed E-state index contributed by atoms with van der Waals surface area (Å²) in [6.45, 7) is 5.42. The second-order valence-corrected chi connectivity index (χ2v) is 5.93. The van der Waals surface area contributed by atoms with Crippen molar-refractivity contribution < 1.29 is 0 Å². The van der Waals surface area contributed by atoms with Crippen LogP contribution in [0.25, 0.3) is 0 Å². The van der Waals surface area contributed by atoms with E-state index in [0.717, 1.165) is 12.1 Å². The molecule has 0 amide bonds. The minimum atomic E-state index is -0.873. The van der Waals surface area contributed by atoms with E-state index in [2.05, 4.69) is 24.8 Å². The highest BCUT2D eigenvalue weighted by atomic mass is 15.2. The van der Waals surface area contributed by atoms with Crippen LogP contribution in [0.5, 0.6) is 0 Å². The van der Waals surface area contributed by atoms with E-state index in [1.165, 1.54) is 19.3 Å². The Kier molecular flexibility index (Phi) is 4.80. The standard InChI is InChI=1S/C17H25N3/c1-3-16-10-9-14(2)20(16)12-11-17(19,13-18)15-7-5-4-6-8-15/h4-8,14,16H,3,9-12,19H2,1-2H3. The molecule has 1 aromatic rings. The predicted molar refractivity (Wildman–Crippen MR) is 82.0 cm³/mol. The van der Waals surface area contributed by atoms with Gasteiger partial charge >= 0.3 is 0 Å². The zero-order valence-electron chi connectivity index (χ0n) is 12.5. The highest BCUT2D eigenvalue weighted by Gasteiger charge is 2.33. The lowest BCUT2D eigenvalue weighted by Crippen LogP contribution is -2.42. The lowest BCUT2D eigenvalue weighted by atomic mass is 9.89. The molecule has 1 fully saturated rings. The molecule has 3 atom stereocenters. The quantitative estimate of drug-likeness (QED) is 0.895. The number of nitrogens with zero attached hydrogens (tertiary/aromatic N) is 2. The molecule has 1 aliphatic rings. The van der Waals surface area contributed by atoms with Crippen LogP contribution in [0.1, 0.15) is 45.1 Å². The molecule has 0 radical (unpaired) electrons. The summed E-state index contributed by atoms with van der Waals surface area (Å²) in [6, 6.07) is 13.3. The zero-order valence-corrected chi connectivity index (χ0v) is 12.5. The number of rotatable bonds is 5. The molecule has 3 unspecified atom stereocenters. The summed E-state index contributed by atoms with van der Waals surface area (Å²) in [5.74, 6) is 0. The second kappa shape index (κ2) is 6.39. The van der Waals surface area contributed by atoms with Gasteiger partial charge in [0.25, 0.3) is 0 Å². The van der Waals surface area contributed by atoms with Gasteiger partial charge in [0.1, 0.15) is 5.54 Å². The number of nitrogens with two attached hydrogens (primary N) is 1. The van der Waals surface area contributed by atoms with Crippen molar-refractivity contribution in [1.29, 1.82) is 5.26 Å². The van der Waals surface area contributed by atoms with Crippen LogP contribution in [-0.2, 0) is 5.54 Å². The number of hydrogen-bond donors (Lipinski definition) is 1. The van der Waals surface area contributed by atoms with Gasteiger partial charge in [0, 0.05) is 18.6 Å². The molecule has 0 bridgehead atoms. The molecule has 0 saturated carbocycles. The van der Waals surface area contributed by atoms with Crippen molar-refractivity contribution >= 4 is 0 Å². The molecule has 1 saturated heterocycles. The number of nitriles is 1. The van der Waals surface area contributed by atoms with Gasteiger partial charge in [0.15, 0.2) is 0 Å². The van der Waals surface area contributed by atoms with Crippen LogP contribution < -0.4 is 5.73 Å². The molecule has 0 spiro atoms. The Balaban J connectivity index is 2.06. The average Bonchev–Trinajstić information content (AvgIpc) is 2.86. The second-order valence-electron chi connectivity index (χ2n) is 5.93. The topological polar surface area (TPSA) is 53.0 Å². The first-order valence-electron chi connectivity index (χ1n) is 7.62. The van der Waals surface area contributed by atoms with E-state index in [1.807, 2.05) is 30.3 Å². The maximum absolute atomic E-state index is 9.51. The van der Waals surface area contributed by atoms with Crippen molar-refractivity contribution in [2.45, 2.75) is 57.2 Å². The summed E-state index contributed by atoms with van der Waals surface area (Å²) >= 11 is 0. The smallest absolute Gasteiger partial charge is 0.131 e. The molecule has 108 valence electrons. The first-order valence-corrected chi connectivity index (χ1v) is 7.62. The summed E-state index contributed by atoms with van der Waals surface area (Å²) in [4.78, 5) is 2.53. The van der Waals surface area contributed by atoms with Crippen LogP contribution in [0.2, 0.25) is 0 Å². The van der Waals surface area contributed by atoms with Crippen molar-refractivity contribution in [2.75, 3.05) is 6.54 Å². The Morgan fingerprint density at radius 3 is 2.65 bits per heavy atom. The highest BCUT2D eigenvalue weighted by Crippen LogP contribution is 2.29. The Hall–Kier alpha value is -1.37. The van der Waals surface area contributed by atoms with Gasteiger partial charge in [-0.2, -0.15) is 5.26 Å². The van der Waals surface area contributed by atoms with E-state index in [0.29, 0.717) is 18.5 Å². The minimum absolute atomic E-state index is 0.610. The largest absolute Gasteiger partial charge is 0.310 e. The first-order chi connectivity index (χ1) is 9.60. The van der Waals surface area contributed by atoms with E-state index in [4.69, 9.17) is 5.73 Å². The first kappa shape index (κ1) is 15.0. The molecule has 0 aliphatic carbocycles. The van der Waals surface area contributed by atoms with Crippen LogP contribution in [0, 0.1) is 11.3 Å².